The van der Waals surface area contributed by atoms with Gasteiger partial charge in [0.15, 0.2) is 0 Å². The van der Waals surface area contributed by atoms with Crippen molar-refractivity contribution >= 4 is 12.1 Å². The quantitative estimate of drug-likeness (QED) is 0.921. The lowest BCUT2D eigenvalue weighted by atomic mass is 10.0. The summed E-state index contributed by atoms with van der Waals surface area (Å²) in [6.45, 7) is 0.110. The number of nitrogens with zero attached hydrogens (tertiary/aromatic N) is 1. The second-order valence-electron chi connectivity index (χ2n) is 4.92. The summed E-state index contributed by atoms with van der Waals surface area (Å²) in [5, 5.41) is 9.25. The topological polar surface area (TPSA) is 76.1 Å². The van der Waals surface area contributed by atoms with E-state index >= 15 is 0 Å². The molecular formula is C15H19NO5. The van der Waals surface area contributed by atoms with E-state index < -0.39 is 24.3 Å². The van der Waals surface area contributed by atoms with E-state index in [0.29, 0.717) is 19.3 Å². The maximum Gasteiger partial charge on any atom is 0.412 e. The normalized spacial score (nSPS) is 21.9. The van der Waals surface area contributed by atoms with Crippen LogP contribution in [-0.4, -0.2) is 41.4 Å². The molecule has 0 aromatic heterocycles. The van der Waals surface area contributed by atoms with Gasteiger partial charge in [0, 0.05) is 7.11 Å². The fourth-order valence-corrected chi connectivity index (χ4v) is 2.48. The molecule has 1 N–H and O–H groups in total. The number of benzene rings is 1. The Labute approximate surface area is 123 Å². The van der Waals surface area contributed by atoms with Crippen LogP contribution in [0.25, 0.3) is 0 Å². The van der Waals surface area contributed by atoms with Crippen LogP contribution >= 0.6 is 0 Å². The number of methoxy groups -OCH3 is 1. The summed E-state index contributed by atoms with van der Waals surface area (Å²) in [7, 11) is 1.46. The molecule has 114 valence electrons. The number of carboxylic acid groups (broad SMARTS) is 1. The van der Waals surface area contributed by atoms with Gasteiger partial charge in [0.25, 0.3) is 0 Å². The van der Waals surface area contributed by atoms with Crippen molar-refractivity contribution in [2.75, 3.05) is 7.11 Å². The number of rotatable bonds is 4. The number of hydrogen-bond acceptors (Lipinski definition) is 4. The van der Waals surface area contributed by atoms with Gasteiger partial charge in [-0.2, -0.15) is 0 Å². The van der Waals surface area contributed by atoms with Crippen molar-refractivity contribution < 1.29 is 24.2 Å². The van der Waals surface area contributed by atoms with E-state index in [0.717, 1.165) is 5.56 Å². The third-order valence-electron chi connectivity index (χ3n) is 3.55. The Morgan fingerprint density at radius 2 is 2.00 bits per heavy atom. The van der Waals surface area contributed by atoms with Crippen LogP contribution in [0.2, 0.25) is 0 Å². The summed E-state index contributed by atoms with van der Waals surface area (Å²) in [5.74, 6) is -1.03. The molecule has 21 heavy (non-hydrogen) atoms. The third kappa shape index (κ3) is 3.72. The smallest absolute Gasteiger partial charge is 0.412 e. The van der Waals surface area contributed by atoms with Crippen molar-refractivity contribution in [3.05, 3.63) is 35.9 Å². The molecule has 0 aliphatic carbocycles. The van der Waals surface area contributed by atoms with Gasteiger partial charge in [-0.05, 0) is 24.8 Å². The van der Waals surface area contributed by atoms with Crippen molar-refractivity contribution in [2.45, 2.75) is 38.1 Å². The van der Waals surface area contributed by atoms with Crippen LogP contribution in [-0.2, 0) is 20.9 Å². The Hall–Kier alpha value is -2.08. The van der Waals surface area contributed by atoms with Gasteiger partial charge in [-0.3, -0.25) is 4.90 Å². The van der Waals surface area contributed by atoms with Gasteiger partial charge >= 0.3 is 12.1 Å². The molecule has 0 spiro atoms. The van der Waals surface area contributed by atoms with Gasteiger partial charge in [-0.1, -0.05) is 30.3 Å². The molecule has 2 unspecified atom stereocenters. The lowest BCUT2D eigenvalue weighted by molar-refractivity contribution is -0.152. The minimum Gasteiger partial charge on any atom is -0.480 e. The molecule has 1 amide bonds. The van der Waals surface area contributed by atoms with Crippen molar-refractivity contribution in [1.82, 2.24) is 4.90 Å². The highest BCUT2D eigenvalue weighted by molar-refractivity contribution is 5.80. The largest absolute Gasteiger partial charge is 0.480 e. The molecule has 1 aromatic rings. The van der Waals surface area contributed by atoms with E-state index in [9.17, 15) is 14.7 Å². The first-order valence-electron chi connectivity index (χ1n) is 6.88. The zero-order valence-corrected chi connectivity index (χ0v) is 11.9. The summed E-state index contributed by atoms with van der Waals surface area (Å²) >= 11 is 0. The van der Waals surface area contributed by atoms with Gasteiger partial charge in [-0.25, -0.2) is 9.59 Å². The standard InChI is InChI=1S/C15H19NO5/c1-20-13-9-5-8-12(14(17)18)16(13)15(19)21-10-11-6-3-2-4-7-11/h2-4,6-7,12-13H,5,8-10H2,1H3,(H,17,18). The van der Waals surface area contributed by atoms with E-state index in [1.54, 1.807) is 0 Å². The predicted molar refractivity (Wildman–Crippen MR) is 74.5 cm³/mol. The highest BCUT2D eigenvalue weighted by Crippen LogP contribution is 2.25. The highest BCUT2D eigenvalue weighted by Gasteiger charge is 2.39. The zero-order chi connectivity index (χ0) is 15.2. The zero-order valence-electron chi connectivity index (χ0n) is 11.9. The second-order valence-corrected chi connectivity index (χ2v) is 4.92. The van der Waals surface area contributed by atoms with Crippen molar-refractivity contribution in [3.63, 3.8) is 0 Å². The lowest BCUT2D eigenvalue weighted by Gasteiger charge is -2.38. The number of ether oxygens (including phenoxy) is 2. The fraction of sp³-hybridized carbons (Fsp3) is 0.467. The SMILES string of the molecule is COC1CCCC(C(=O)O)N1C(=O)OCc1ccccc1. The van der Waals surface area contributed by atoms with E-state index in [1.807, 2.05) is 30.3 Å². The number of likely N-dealkylation sites (tertiary alicyclic amines) is 1. The average Bonchev–Trinajstić information content (AvgIpc) is 2.52. The third-order valence-corrected chi connectivity index (χ3v) is 3.55. The van der Waals surface area contributed by atoms with E-state index in [4.69, 9.17) is 9.47 Å². The molecule has 1 heterocycles. The van der Waals surface area contributed by atoms with E-state index in [-0.39, 0.29) is 6.61 Å². The monoisotopic (exact) mass is 293 g/mol. The van der Waals surface area contributed by atoms with Crippen LogP contribution in [0.4, 0.5) is 4.79 Å². The van der Waals surface area contributed by atoms with Crippen LogP contribution in [0.5, 0.6) is 0 Å². The molecule has 0 saturated carbocycles. The van der Waals surface area contributed by atoms with Crippen molar-refractivity contribution in [2.24, 2.45) is 0 Å². The first kappa shape index (κ1) is 15.3. The van der Waals surface area contributed by atoms with Crippen LogP contribution in [0.1, 0.15) is 24.8 Å². The minimum atomic E-state index is -1.03. The summed E-state index contributed by atoms with van der Waals surface area (Å²) in [6, 6.07) is 8.35. The first-order chi connectivity index (χ1) is 10.1. The maximum absolute atomic E-state index is 12.2. The van der Waals surface area contributed by atoms with E-state index in [1.165, 1.54) is 12.0 Å². The van der Waals surface area contributed by atoms with Crippen LogP contribution in [0.3, 0.4) is 0 Å². The molecule has 1 aromatic carbocycles. The fourth-order valence-electron chi connectivity index (χ4n) is 2.48. The number of piperidine rings is 1. The van der Waals surface area contributed by atoms with Crippen molar-refractivity contribution in [1.29, 1.82) is 0 Å². The summed E-state index contributed by atoms with van der Waals surface area (Å²) in [6.07, 6.45) is 0.523. The molecule has 0 bridgehead atoms. The van der Waals surface area contributed by atoms with Crippen molar-refractivity contribution in [3.8, 4) is 0 Å². The molecule has 6 heteroatoms. The first-order valence-corrected chi connectivity index (χ1v) is 6.88. The molecule has 1 saturated heterocycles. The Bertz CT molecular complexity index is 490. The summed E-state index contributed by atoms with van der Waals surface area (Å²) in [4.78, 5) is 24.7. The number of carbonyl (C=O) groups excluding carboxylic acids is 1. The Kier molecular flexibility index (Phi) is 5.16. The molecule has 1 fully saturated rings. The Morgan fingerprint density at radius 3 is 2.62 bits per heavy atom. The van der Waals surface area contributed by atoms with Gasteiger partial charge in [0.2, 0.25) is 0 Å². The van der Waals surface area contributed by atoms with E-state index in [2.05, 4.69) is 0 Å². The number of aliphatic carboxylic acids is 1. The van der Waals surface area contributed by atoms with Crippen LogP contribution in [0.15, 0.2) is 30.3 Å². The lowest BCUT2D eigenvalue weighted by Crippen LogP contribution is -2.54. The number of carboxylic acids is 1. The van der Waals surface area contributed by atoms with Gasteiger partial charge in [-0.15, -0.1) is 0 Å². The number of amides is 1. The molecule has 0 radical (unpaired) electrons. The summed E-state index contributed by atoms with van der Waals surface area (Å²) in [5.41, 5.74) is 0.851. The molecule has 2 rings (SSSR count). The Balaban J connectivity index is 2.04. The predicted octanol–water partition coefficient (Wildman–Crippen LogP) is 2.23. The van der Waals surface area contributed by atoms with Crippen LogP contribution in [0, 0.1) is 0 Å². The van der Waals surface area contributed by atoms with Gasteiger partial charge < -0.3 is 14.6 Å². The maximum atomic E-state index is 12.2. The van der Waals surface area contributed by atoms with Gasteiger partial charge in [0.1, 0.15) is 18.9 Å². The molecule has 1 aliphatic heterocycles. The molecule has 2 atom stereocenters. The summed E-state index contributed by atoms with van der Waals surface area (Å²) < 4.78 is 10.4. The average molecular weight is 293 g/mol. The van der Waals surface area contributed by atoms with Gasteiger partial charge in [0.05, 0.1) is 0 Å². The molecule has 6 nitrogen and oxygen atoms in total. The number of carbonyl (C=O) groups is 2. The Morgan fingerprint density at radius 1 is 1.29 bits per heavy atom. The highest BCUT2D eigenvalue weighted by atomic mass is 16.6. The minimum absolute atomic E-state index is 0.110. The number of hydrogen-bond donors (Lipinski definition) is 1. The second kappa shape index (κ2) is 7.08. The van der Waals surface area contributed by atoms with Crippen LogP contribution < -0.4 is 0 Å². The molecular weight excluding hydrogens is 274 g/mol. The molecule has 1 aliphatic rings.